The van der Waals surface area contributed by atoms with Crippen LogP contribution in [-0.4, -0.2) is 72.4 Å². The number of hydrogen-bond acceptors (Lipinski definition) is 5. The number of benzene rings is 1. The van der Waals surface area contributed by atoms with Crippen molar-refractivity contribution in [1.82, 2.24) is 9.80 Å². The second-order valence-corrected chi connectivity index (χ2v) is 8.41. The van der Waals surface area contributed by atoms with Gasteiger partial charge in [0.25, 0.3) is 5.91 Å². The first kappa shape index (κ1) is 17.3. The largest absolute Gasteiger partial charge is 0.486 e. The zero-order valence-corrected chi connectivity index (χ0v) is 15.7. The van der Waals surface area contributed by atoms with Crippen molar-refractivity contribution in [3.63, 3.8) is 0 Å². The number of amides is 1. The van der Waals surface area contributed by atoms with Crippen molar-refractivity contribution < 1.29 is 19.4 Å². The summed E-state index contributed by atoms with van der Waals surface area (Å²) in [5.74, 6) is 2.16. The number of aliphatic hydroxyl groups is 1. The van der Waals surface area contributed by atoms with Crippen molar-refractivity contribution in [2.24, 2.45) is 11.8 Å². The first-order valence-electron chi connectivity index (χ1n) is 10.3. The number of nitrogens with zero attached hydrogens (tertiary/aromatic N) is 2. The van der Waals surface area contributed by atoms with Gasteiger partial charge in [-0.2, -0.15) is 0 Å². The fourth-order valence-corrected chi connectivity index (χ4v) is 5.45. The van der Waals surface area contributed by atoms with Crippen molar-refractivity contribution in [2.75, 3.05) is 39.4 Å². The molecule has 4 aliphatic rings. The molecule has 6 nitrogen and oxygen atoms in total. The Morgan fingerprint density at radius 2 is 1.78 bits per heavy atom. The third kappa shape index (κ3) is 3.09. The number of hydrogen-bond donors (Lipinski definition) is 1. The summed E-state index contributed by atoms with van der Waals surface area (Å²) in [6.07, 6.45) is 4.02. The van der Waals surface area contributed by atoms with Crippen LogP contribution in [0.5, 0.6) is 11.5 Å². The average Bonchev–Trinajstić information content (AvgIpc) is 3.35. The lowest BCUT2D eigenvalue weighted by atomic mass is 9.77. The van der Waals surface area contributed by atoms with E-state index in [1.807, 2.05) is 23.1 Å². The Morgan fingerprint density at radius 1 is 1.04 bits per heavy atom. The average molecular weight is 372 g/mol. The molecule has 1 aliphatic carbocycles. The summed E-state index contributed by atoms with van der Waals surface area (Å²) < 4.78 is 11.4. The highest BCUT2D eigenvalue weighted by Gasteiger charge is 2.45. The predicted octanol–water partition coefficient (Wildman–Crippen LogP) is 1.77. The molecule has 1 aromatic rings. The molecule has 0 spiro atoms. The van der Waals surface area contributed by atoms with E-state index in [4.69, 9.17) is 9.47 Å². The van der Waals surface area contributed by atoms with E-state index in [1.54, 1.807) is 0 Å². The molecule has 3 heterocycles. The highest BCUT2D eigenvalue weighted by molar-refractivity contribution is 5.98. The van der Waals surface area contributed by atoms with Gasteiger partial charge in [0.05, 0.1) is 11.7 Å². The number of carbonyl (C=O) groups is 1. The Balaban J connectivity index is 1.31. The van der Waals surface area contributed by atoms with Gasteiger partial charge >= 0.3 is 0 Å². The minimum absolute atomic E-state index is 0.0268. The Kier molecular flexibility index (Phi) is 4.48. The monoisotopic (exact) mass is 372 g/mol. The molecule has 5 rings (SSSR count). The molecule has 6 heteroatoms. The summed E-state index contributed by atoms with van der Waals surface area (Å²) in [6, 6.07) is 5.81. The summed E-state index contributed by atoms with van der Waals surface area (Å²) in [5.41, 5.74) is 0.600. The van der Waals surface area contributed by atoms with E-state index < -0.39 is 0 Å². The van der Waals surface area contributed by atoms with Crippen molar-refractivity contribution >= 4 is 5.91 Å². The van der Waals surface area contributed by atoms with Gasteiger partial charge in [-0.25, -0.2) is 0 Å². The summed E-state index contributed by atoms with van der Waals surface area (Å²) in [4.78, 5) is 17.6. The SMILES string of the molecule is O=C(c1cccc2c1OCCO2)N1C[C@H]2C[C@@H](N3CCCC3)[C@H](O)C[C@H]2C1. The molecular weight excluding hydrogens is 344 g/mol. The van der Waals surface area contributed by atoms with Gasteiger partial charge < -0.3 is 19.5 Å². The zero-order valence-electron chi connectivity index (χ0n) is 15.7. The maximum Gasteiger partial charge on any atom is 0.257 e. The van der Waals surface area contributed by atoms with Gasteiger partial charge in [-0.15, -0.1) is 0 Å². The lowest BCUT2D eigenvalue weighted by Crippen LogP contribution is -2.48. The molecule has 1 amide bonds. The van der Waals surface area contributed by atoms with Gasteiger partial charge in [-0.05, 0) is 62.7 Å². The molecule has 2 saturated heterocycles. The van der Waals surface area contributed by atoms with Crippen LogP contribution >= 0.6 is 0 Å². The van der Waals surface area contributed by atoms with Gasteiger partial charge in [0.15, 0.2) is 11.5 Å². The molecule has 0 radical (unpaired) electrons. The third-order valence-corrected chi connectivity index (χ3v) is 6.80. The summed E-state index contributed by atoms with van der Waals surface area (Å²) in [6.45, 7) is 4.73. The highest BCUT2D eigenvalue weighted by Crippen LogP contribution is 2.41. The molecule has 1 saturated carbocycles. The van der Waals surface area contributed by atoms with Gasteiger partial charge in [-0.1, -0.05) is 6.07 Å². The summed E-state index contributed by atoms with van der Waals surface area (Å²) >= 11 is 0. The zero-order chi connectivity index (χ0) is 18.4. The Bertz CT molecular complexity index is 718. The predicted molar refractivity (Wildman–Crippen MR) is 100 cm³/mol. The van der Waals surface area contributed by atoms with Crippen molar-refractivity contribution in [3.8, 4) is 11.5 Å². The Labute approximate surface area is 160 Å². The molecule has 4 atom stereocenters. The number of rotatable bonds is 2. The number of para-hydroxylation sites is 1. The minimum atomic E-state index is -0.263. The molecule has 1 N–H and O–H groups in total. The van der Waals surface area contributed by atoms with Crippen LogP contribution in [0, 0.1) is 11.8 Å². The van der Waals surface area contributed by atoms with E-state index in [1.165, 1.54) is 12.8 Å². The van der Waals surface area contributed by atoms with Crippen molar-refractivity contribution in [3.05, 3.63) is 23.8 Å². The van der Waals surface area contributed by atoms with Gasteiger partial charge in [0.2, 0.25) is 0 Å². The van der Waals surface area contributed by atoms with E-state index in [0.29, 0.717) is 42.1 Å². The fourth-order valence-electron chi connectivity index (χ4n) is 5.45. The molecule has 0 unspecified atom stereocenters. The quantitative estimate of drug-likeness (QED) is 0.857. The van der Waals surface area contributed by atoms with Crippen LogP contribution in [-0.2, 0) is 0 Å². The summed E-state index contributed by atoms with van der Waals surface area (Å²) in [5, 5.41) is 10.7. The van der Waals surface area contributed by atoms with E-state index in [0.717, 1.165) is 39.0 Å². The summed E-state index contributed by atoms with van der Waals surface area (Å²) in [7, 11) is 0. The lowest BCUT2D eigenvalue weighted by molar-refractivity contribution is -0.000865. The first-order chi connectivity index (χ1) is 13.2. The van der Waals surface area contributed by atoms with Crippen LogP contribution in [0.15, 0.2) is 18.2 Å². The molecule has 146 valence electrons. The second kappa shape index (κ2) is 6.99. The number of ether oxygens (including phenoxy) is 2. The highest BCUT2D eigenvalue weighted by atomic mass is 16.6. The maximum absolute atomic E-state index is 13.2. The van der Waals surface area contributed by atoms with E-state index in [-0.39, 0.29) is 18.1 Å². The Morgan fingerprint density at radius 3 is 2.59 bits per heavy atom. The van der Waals surface area contributed by atoms with E-state index in [2.05, 4.69) is 4.90 Å². The van der Waals surface area contributed by atoms with E-state index in [9.17, 15) is 9.90 Å². The minimum Gasteiger partial charge on any atom is -0.486 e. The van der Waals surface area contributed by atoms with Crippen molar-refractivity contribution in [1.29, 1.82) is 0 Å². The number of likely N-dealkylation sites (tertiary alicyclic amines) is 2. The molecule has 0 bridgehead atoms. The fraction of sp³-hybridized carbons (Fsp3) is 0.667. The smallest absolute Gasteiger partial charge is 0.257 e. The molecule has 27 heavy (non-hydrogen) atoms. The van der Waals surface area contributed by atoms with Crippen LogP contribution in [0.4, 0.5) is 0 Å². The van der Waals surface area contributed by atoms with Crippen LogP contribution < -0.4 is 9.47 Å². The standard InChI is InChI=1S/C21H28N2O4/c24-18-11-15-13-23(12-14(15)10-17(18)22-6-1-2-7-22)21(25)16-4-3-5-19-20(16)27-9-8-26-19/h3-5,14-15,17-18,24H,1-2,6-13H2/t14-,15+,17-,18-/m1/s1. The van der Waals surface area contributed by atoms with Gasteiger partial charge in [0, 0.05) is 19.1 Å². The lowest BCUT2D eigenvalue weighted by Gasteiger charge is -2.40. The van der Waals surface area contributed by atoms with Crippen LogP contribution in [0.25, 0.3) is 0 Å². The normalized spacial score (nSPS) is 33.1. The molecule has 0 aromatic heterocycles. The number of aliphatic hydroxyl groups excluding tert-OH is 1. The number of carbonyl (C=O) groups excluding carboxylic acids is 1. The molecular formula is C21H28N2O4. The van der Waals surface area contributed by atoms with Crippen molar-refractivity contribution in [2.45, 2.75) is 37.8 Å². The molecule has 3 aliphatic heterocycles. The van der Waals surface area contributed by atoms with Gasteiger partial charge in [0.1, 0.15) is 13.2 Å². The van der Waals surface area contributed by atoms with E-state index >= 15 is 0 Å². The van der Waals surface area contributed by atoms with Crippen LogP contribution in [0.1, 0.15) is 36.0 Å². The van der Waals surface area contributed by atoms with Crippen LogP contribution in [0.3, 0.4) is 0 Å². The topological polar surface area (TPSA) is 62.2 Å². The van der Waals surface area contributed by atoms with Crippen LogP contribution in [0.2, 0.25) is 0 Å². The molecule has 1 aromatic carbocycles. The second-order valence-electron chi connectivity index (χ2n) is 8.41. The third-order valence-electron chi connectivity index (χ3n) is 6.80. The first-order valence-corrected chi connectivity index (χ1v) is 10.3. The Hall–Kier alpha value is -1.79. The maximum atomic E-state index is 13.2. The number of fused-ring (bicyclic) bond motifs is 2. The van der Waals surface area contributed by atoms with Gasteiger partial charge in [-0.3, -0.25) is 9.69 Å². The molecule has 3 fully saturated rings.